The fourth-order valence-electron chi connectivity index (χ4n) is 2.94. The minimum Gasteiger partial charge on any atom is -0.409 e. The van der Waals surface area contributed by atoms with E-state index in [2.05, 4.69) is 21.0 Å². The fourth-order valence-corrected chi connectivity index (χ4v) is 2.94. The number of hydrogen-bond donors (Lipinski definition) is 2. The van der Waals surface area contributed by atoms with Crippen LogP contribution < -0.4 is 5.73 Å². The van der Waals surface area contributed by atoms with Gasteiger partial charge in [0.1, 0.15) is 0 Å². The SMILES string of the molecule is NC(=NO)c1cccc(CN2CCN(CC3CC3)CC2)c1. The second-order valence-corrected chi connectivity index (χ2v) is 6.21. The van der Waals surface area contributed by atoms with E-state index < -0.39 is 0 Å². The molecule has 0 amide bonds. The molecule has 1 saturated carbocycles. The Balaban J connectivity index is 1.52. The van der Waals surface area contributed by atoms with Crippen LogP contribution in [0.2, 0.25) is 0 Å². The van der Waals surface area contributed by atoms with Crippen LogP contribution in [0.4, 0.5) is 0 Å². The number of benzene rings is 1. The highest BCUT2D eigenvalue weighted by Crippen LogP contribution is 2.29. The monoisotopic (exact) mass is 288 g/mol. The Kier molecular flexibility index (Phi) is 4.41. The van der Waals surface area contributed by atoms with Crippen molar-refractivity contribution in [2.75, 3.05) is 32.7 Å². The first-order valence-electron chi connectivity index (χ1n) is 7.76. The summed E-state index contributed by atoms with van der Waals surface area (Å²) in [5, 5.41) is 11.8. The summed E-state index contributed by atoms with van der Waals surface area (Å²) >= 11 is 0. The maximum Gasteiger partial charge on any atom is 0.170 e. The van der Waals surface area contributed by atoms with E-state index in [9.17, 15) is 0 Å². The third kappa shape index (κ3) is 3.95. The van der Waals surface area contributed by atoms with Gasteiger partial charge < -0.3 is 15.8 Å². The molecular weight excluding hydrogens is 264 g/mol. The quantitative estimate of drug-likeness (QED) is 0.371. The number of nitrogens with two attached hydrogens (primary N) is 1. The lowest BCUT2D eigenvalue weighted by Gasteiger charge is -2.34. The molecule has 1 aliphatic heterocycles. The Bertz CT molecular complexity index is 505. The molecule has 2 aliphatic rings. The van der Waals surface area contributed by atoms with Crippen molar-refractivity contribution in [3.63, 3.8) is 0 Å². The second kappa shape index (κ2) is 6.45. The van der Waals surface area contributed by atoms with E-state index in [1.807, 2.05) is 18.2 Å². The normalized spacial score (nSPS) is 21.6. The average molecular weight is 288 g/mol. The lowest BCUT2D eigenvalue weighted by Crippen LogP contribution is -2.46. The van der Waals surface area contributed by atoms with Crippen molar-refractivity contribution in [2.24, 2.45) is 16.8 Å². The van der Waals surface area contributed by atoms with E-state index in [4.69, 9.17) is 10.9 Å². The molecule has 1 aliphatic carbocycles. The van der Waals surface area contributed by atoms with Gasteiger partial charge in [0.05, 0.1) is 0 Å². The molecule has 0 atom stereocenters. The van der Waals surface area contributed by atoms with Crippen molar-refractivity contribution in [1.82, 2.24) is 9.80 Å². The third-order valence-electron chi connectivity index (χ3n) is 4.41. The van der Waals surface area contributed by atoms with Crippen molar-refractivity contribution >= 4 is 5.84 Å². The summed E-state index contributed by atoms with van der Waals surface area (Å²) in [6, 6.07) is 7.94. The molecule has 1 heterocycles. The van der Waals surface area contributed by atoms with Crippen LogP contribution in [-0.4, -0.2) is 53.6 Å². The van der Waals surface area contributed by atoms with Crippen LogP contribution >= 0.6 is 0 Å². The van der Waals surface area contributed by atoms with Gasteiger partial charge in [-0.2, -0.15) is 0 Å². The molecule has 0 radical (unpaired) electrons. The van der Waals surface area contributed by atoms with Crippen molar-refractivity contribution in [3.8, 4) is 0 Å². The molecule has 5 nitrogen and oxygen atoms in total. The Morgan fingerprint density at radius 1 is 1.19 bits per heavy atom. The first-order valence-corrected chi connectivity index (χ1v) is 7.76. The van der Waals surface area contributed by atoms with Crippen LogP contribution in [0.25, 0.3) is 0 Å². The van der Waals surface area contributed by atoms with Crippen LogP contribution in [0.5, 0.6) is 0 Å². The highest BCUT2D eigenvalue weighted by molar-refractivity contribution is 5.97. The number of oxime groups is 1. The van der Waals surface area contributed by atoms with Gasteiger partial charge in [-0.1, -0.05) is 23.4 Å². The molecule has 1 saturated heterocycles. The van der Waals surface area contributed by atoms with Gasteiger partial charge in [-0.3, -0.25) is 4.90 Å². The lowest BCUT2D eigenvalue weighted by molar-refractivity contribution is 0.123. The number of amidine groups is 1. The molecule has 1 aromatic rings. The number of rotatable bonds is 5. The Hall–Kier alpha value is -1.59. The van der Waals surface area contributed by atoms with E-state index in [-0.39, 0.29) is 5.84 Å². The average Bonchev–Trinajstić information content (AvgIpc) is 3.33. The van der Waals surface area contributed by atoms with Gasteiger partial charge in [0.25, 0.3) is 0 Å². The number of nitrogens with zero attached hydrogens (tertiary/aromatic N) is 3. The van der Waals surface area contributed by atoms with Crippen molar-refractivity contribution in [2.45, 2.75) is 19.4 Å². The van der Waals surface area contributed by atoms with E-state index in [1.54, 1.807) is 0 Å². The Morgan fingerprint density at radius 2 is 1.90 bits per heavy atom. The molecule has 2 fully saturated rings. The van der Waals surface area contributed by atoms with Gasteiger partial charge in [-0.25, -0.2) is 0 Å². The van der Waals surface area contributed by atoms with Gasteiger partial charge >= 0.3 is 0 Å². The summed E-state index contributed by atoms with van der Waals surface area (Å²) in [6.07, 6.45) is 2.86. The third-order valence-corrected chi connectivity index (χ3v) is 4.41. The van der Waals surface area contributed by atoms with E-state index in [1.165, 1.54) is 38.0 Å². The molecule has 114 valence electrons. The number of piperazine rings is 1. The molecule has 3 rings (SSSR count). The molecule has 0 bridgehead atoms. The zero-order valence-corrected chi connectivity index (χ0v) is 12.4. The first-order chi connectivity index (χ1) is 10.2. The standard InChI is InChI=1S/C16H24N4O/c17-16(18-21)15-3-1-2-14(10-15)12-20-8-6-19(7-9-20)11-13-4-5-13/h1-3,10,13,21H,4-9,11-12H2,(H2,17,18). The predicted molar refractivity (Wildman–Crippen MR) is 83.4 cm³/mol. The molecule has 3 N–H and O–H groups in total. The van der Waals surface area contributed by atoms with Gasteiger partial charge in [0.15, 0.2) is 5.84 Å². The van der Waals surface area contributed by atoms with E-state index >= 15 is 0 Å². The minimum absolute atomic E-state index is 0.172. The summed E-state index contributed by atoms with van der Waals surface area (Å²) in [4.78, 5) is 5.08. The Morgan fingerprint density at radius 3 is 2.57 bits per heavy atom. The number of hydrogen-bond acceptors (Lipinski definition) is 4. The summed E-state index contributed by atoms with van der Waals surface area (Å²) in [7, 11) is 0. The summed E-state index contributed by atoms with van der Waals surface area (Å²) in [5.74, 6) is 1.15. The smallest absolute Gasteiger partial charge is 0.170 e. The molecular formula is C16H24N4O. The van der Waals surface area contributed by atoms with Crippen LogP contribution in [0, 0.1) is 5.92 Å². The van der Waals surface area contributed by atoms with Gasteiger partial charge in [-0.15, -0.1) is 0 Å². The van der Waals surface area contributed by atoms with Crippen LogP contribution in [0.3, 0.4) is 0 Å². The fraction of sp³-hybridized carbons (Fsp3) is 0.562. The molecule has 21 heavy (non-hydrogen) atoms. The van der Waals surface area contributed by atoms with Crippen LogP contribution in [-0.2, 0) is 6.54 Å². The van der Waals surface area contributed by atoms with Crippen LogP contribution in [0.1, 0.15) is 24.0 Å². The molecule has 1 aromatic carbocycles. The summed E-state index contributed by atoms with van der Waals surface area (Å²) in [5.41, 5.74) is 7.64. The molecule has 0 unspecified atom stereocenters. The molecule has 5 heteroatoms. The first kappa shape index (κ1) is 14.4. The summed E-state index contributed by atoms with van der Waals surface area (Å²) < 4.78 is 0. The van der Waals surface area contributed by atoms with Gasteiger partial charge in [0, 0.05) is 44.8 Å². The summed E-state index contributed by atoms with van der Waals surface area (Å²) in [6.45, 7) is 6.84. The second-order valence-electron chi connectivity index (χ2n) is 6.21. The highest BCUT2D eigenvalue weighted by atomic mass is 16.4. The highest BCUT2D eigenvalue weighted by Gasteiger charge is 2.26. The minimum atomic E-state index is 0.172. The molecule has 0 aromatic heterocycles. The maximum absolute atomic E-state index is 8.75. The van der Waals surface area contributed by atoms with E-state index in [0.717, 1.165) is 31.1 Å². The topological polar surface area (TPSA) is 65.1 Å². The van der Waals surface area contributed by atoms with Crippen LogP contribution in [0.15, 0.2) is 29.4 Å². The van der Waals surface area contributed by atoms with Crippen molar-refractivity contribution in [3.05, 3.63) is 35.4 Å². The predicted octanol–water partition coefficient (Wildman–Crippen LogP) is 1.31. The zero-order chi connectivity index (χ0) is 14.7. The lowest BCUT2D eigenvalue weighted by atomic mass is 10.1. The zero-order valence-electron chi connectivity index (χ0n) is 12.4. The van der Waals surface area contributed by atoms with Gasteiger partial charge in [0.2, 0.25) is 0 Å². The van der Waals surface area contributed by atoms with Crippen molar-refractivity contribution < 1.29 is 5.21 Å². The van der Waals surface area contributed by atoms with Crippen molar-refractivity contribution in [1.29, 1.82) is 0 Å². The Labute approximate surface area is 126 Å². The largest absolute Gasteiger partial charge is 0.409 e. The van der Waals surface area contributed by atoms with Gasteiger partial charge in [-0.05, 0) is 30.4 Å². The molecule has 0 spiro atoms. The maximum atomic E-state index is 8.75. The van der Waals surface area contributed by atoms with E-state index in [0.29, 0.717) is 0 Å².